The van der Waals surface area contributed by atoms with E-state index in [2.05, 4.69) is 17.3 Å². The van der Waals surface area contributed by atoms with Gasteiger partial charge in [0.2, 0.25) is 5.91 Å². The Morgan fingerprint density at radius 3 is 2.64 bits per heavy atom. The van der Waals surface area contributed by atoms with E-state index in [0.717, 1.165) is 25.9 Å². The standard InChI is InChI=1S/C10H21N3O/c1-12-10(14)7-9(11)8-3-5-13(2)6-4-8/h8-9H,3-7,11H2,1-2H3,(H,12,14). The van der Waals surface area contributed by atoms with Gasteiger partial charge in [0, 0.05) is 19.5 Å². The average molecular weight is 199 g/mol. The Labute approximate surface area is 85.8 Å². The Bertz CT molecular complexity index is 188. The number of nitrogens with one attached hydrogen (secondary N) is 1. The Morgan fingerprint density at radius 2 is 2.14 bits per heavy atom. The van der Waals surface area contributed by atoms with Crippen molar-refractivity contribution >= 4 is 5.91 Å². The number of amides is 1. The van der Waals surface area contributed by atoms with Crippen LogP contribution in [0.3, 0.4) is 0 Å². The molecule has 82 valence electrons. The van der Waals surface area contributed by atoms with Gasteiger partial charge in [0.15, 0.2) is 0 Å². The van der Waals surface area contributed by atoms with Gasteiger partial charge in [0.25, 0.3) is 0 Å². The fraction of sp³-hybridized carbons (Fsp3) is 0.900. The summed E-state index contributed by atoms with van der Waals surface area (Å²) in [6.07, 6.45) is 2.70. The highest BCUT2D eigenvalue weighted by Crippen LogP contribution is 2.20. The SMILES string of the molecule is CNC(=O)CC(N)C1CCN(C)CC1. The van der Waals surface area contributed by atoms with Crippen molar-refractivity contribution < 1.29 is 4.79 Å². The van der Waals surface area contributed by atoms with Crippen LogP contribution in [0.5, 0.6) is 0 Å². The first-order valence-corrected chi connectivity index (χ1v) is 5.28. The molecule has 1 unspecified atom stereocenters. The van der Waals surface area contributed by atoms with Crippen molar-refractivity contribution in [3.8, 4) is 0 Å². The Kier molecular flexibility index (Phi) is 4.35. The van der Waals surface area contributed by atoms with Crippen LogP contribution >= 0.6 is 0 Å². The molecule has 1 atom stereocenters. The second-order valence-electron chi connectivity index (χ2n) is 4.18. The van der Waals surface area contributed by atoms with Gasteiger partial charge in [-0.2, -0.15) is 0 Å². The number of hydrogen-bond acceptors (Lipinski definition) is 3. The first-order chi connectivity index (χ1) is 6.63. The highest BCUT2D eigenvalue weighted by atomic mass is 16.1. The summed E-state index contributed by atoms with van der Waals surface area (Å²) in [7, 11) is 3.78. The molecule has 0 aliphatic carbocycles. The summed E-state index contributed by atoms with van der Waals surface area (Å²) in [4.78, 5) is 13.4. The molecular weight excluding hydrogens is 178 g/mol. The first-order valence-electron chi connectivity index (χ1n) is 5.28. The third kappa shape index (κ3) is 3.27. The van der Waals surface area contributed by atoms with Crippen molar-refractivity contribution in [2.24, 2.45) is 11.7 Å². The molecule has 4 nitrogen and oxygen atoms in total. The molecule has 1 fully saturated rings. The number of carbonyl (C=O) groups is 1. The Balaban J connectivity index is 2.30. The summed E-state index contributed by atoms with van der Waals surface area (Å²) in [6, 6.07) is 0.0312. The lowest BCUT2D eigenvalue weighted by Crippen LogP contribution is -2.41. The molecule has 1 amide bonds. The second-order valence-corrected chi connectivity index (χ2v) is 4.18. The maximum absolute atomic E-state index is 11.1. The molecule has 1 aliphatic heterocycles. The molecule has 0 saturated carbocycles. The summed E-state index contributed by atoms with van der Waals surface area (Å²) in [5.74, 6) is 0.569. The zero-order chi connectivity index (χ0) is 10.6. The summed E-state index contributed by atoms with van der Waals surface area (Å²) >= 11 is 0. The van der Waals surface area contributed by atoms with Crippen molar-refractivity contribution in [1.29, 1.82) is 0 Å². The van der Waals surface area contributed by atoms with Crippen molar-refractivity contribution in [2.45, 2.75) is 25.3 Å². The van der Waals surface area contributed by atoms with E-state index in [1.807, 2.05) is 0 Å². The van der Waals surface area contributed by atoms with E-state index in [9.17, 15) is 4.79 Å². The van der Waals surface area contributed by atoms with Gasteiger partial charge in [-0.1, -0.05) is 0 Å². The average Bonchev–Trinajstić information content (AvgIpc) is 2.18. The van der Waals surface area contributed by atoms with Crippen LogP contribution in [-0.4, -0.2) is 44.0 Å². The Morgan fingerprint density at radius 1 is 1.57 bits per heavy atom. The quantitative estimate of drug-likeness (QED) is 0.661. The van der Waals surface area contributed by atoms with Gasteiger partial charge in [-0.25, -0.2) is 0 Å². The molecule has 0 bridgehead atoms. The van der Waals surface area contributed by atoms with E-state index < -0.39 is 0 Å². The van der Waals surface area contributed by atoms with E-state index in [1.165, 1.54) is 0 Å². The van der Waals surface area contributed by atoms with E-state index >= 15 is 0 Å². The van der Waals surface area contributed by atoms with Gasteiger partial charge in [0.05, 0.1) is 0 Å². The summed E-state index contributed by atoms with van der Waals surface area (Å²) in [5, 5.41) is 2.61. The Hall–Kier alpha value is -0.610. The first kappa shape index (κ1) is 11.5. The predicted molar refractivity (Wildman–Crippen MR) is 56.9 cm³/mol. The molecular formula is C10H21N3O. The lowest BCUT2D eigenvalue weighted by Gasteiger charge is -2.32. The smallest absolute Gasteiger partial charge is 0.221 e. The van der Waals surface area contributed by atoms with Crippen molar-refractivity contribution in [2.75, 3.05) is 27.2 Å². The zero-order valence-corrected chi connectivity index (χ0v) is 9.12. The molecule has 0 aromatic rings. The van der Waals surface area contributed by atoms with Crippen LogP contribution in [0.4, 0.5) is 0 Å². The molecule has 3 N–H and O–H groups in total. The highest BCUT2D eigenvalue weighted by molar-refractivity contribution is 5.76. The van der Waals surface area contributed by atoms with Crippen LogP contribution in [-0.2, 0) is 4.79 Å². The molecule has 14 heavy (non-hydrogen) atoms. The topological polar surface area (TPSA) is 58.4 Å². The second kappa shape index (κ2) is 5.32. The van der Waals surface area contributed by atoms with Crippen molar-refractivity contribution in [3.63, 3.8) is 0 Å². The van der Waals surface area contributed by atoms with E-state index in [4.69, 9.17) is 5.73 Å². The molecule has 0 aromatic carbocycles. The zero-order valence-electron chi connectivity index (χ0n) is 9.12. The van der Waals surface area contributed by atoms with Crippen LogP contribution < -0.4 is 11.1 Å². The molecule has 1 rings (SSSR count). The van der Waals surface area contributed by atoms with Crippen LogP contribution in [0.2, 0.25) is 0 Å². The molecule has 1 aliphatic rings. The van der Waals surface area contributed by atoms with Gasteiger partial charge in [0.1, 0.15) is 0 Å². The number of carbonyl (C=O) groups excluding carboxylic acids is 1. The van der Waals surface area contributed by atoms with E-state index in [1.54, 1.807) is 7.05 Å². The van der Waals surface area contributed by atoms with Gasteiger partial charge >= 0.3 is 0 Å². The maximum Gasteiger partial charge on any atom is 0.221 e. The molecule has 1 heterocycles. The normalized spacial score (nSPS) is 21.9. The number of nitrogens with two attached hydrogens (primary N) is 1. The number of piperidine rings is 1. The monoisotopic (exact) mass is 199 g/mol. The van der Waals surface area contributed by atoms with Crippen molar-refractivity contribution in [3.05, 3.63) is 0 Å². The molecule has 0 spiro atoms. The van der Waals surface area contributed by atoms with Crippen LogP contribution in [0.25, 0.3) is 0 Å². The minimum absolute atomic E-state index is 0.0312. The highest BCUT2D eigenvalue weighted by Gasteiger charge is 2.23. The molecule has 4 heteroatoms. The minimum atomic E-state index is 0.0312. The fourth-order valence-corrected chi connectivity index (χ4v) is 1.94. The third-order valence-electron chi connectivity index (χ3n) is 3.07. The number of likely N-dealkylation sites (tertiary alicyclic amines) is 1. The molecule has 0 radical (unpaired) electrons. The summed E-state index contributed by atoms with van der Waals surface area (Å²) < 4.78 is 0. The van der Waals surface area contributed by atoms with Crippen LogP contribution in [0, 0.1) is 5.92 Å². The van der Waals surface area contributed by atoms with Gasteiger partial charge in [-0.3, -0.25) is 4.79 Å². The van der Waals surface area contributed by atoms with E-state index in [0.29, 0.717) is 12.3 Å². The van der Waals surface area contributed by atoms with Gasteiger partial charge < -0.3 is 16.0 Å². The van der Waals surface area contributed by atoms with E-state index in [-0.39, 0.29) is 11.9 Å². The largest absolute Gasteiger partial charge is 0.359 e. The van der Waals surface area contributed by atoms with Crippen molar-refractivity contribution in [1.82, 2.24) is 10.2 Å². The summed E-state index contributed by atoms with van der Waals surface area (Å²) in [6.45, 7) is 2.21. The molecule has 0 aromatic heterocycles. The van der Waals surface area contributed by atoms with Crippen LogP contribution in [0.15, 0.2) is 0 Å². The molecule has 1 saturated heterocycles. The number of nitrogens with zero attached hydrogens (tertiary/aromatic N) is 1. The lowest BCUT2D eigenvalue weighted by atomic mass is 9.88. The fourth-order valence-electron chi connectivity index (χ4n) is 1.94. The van der Waals surface area contributed by atoms with Gasteiger partial charge in [-0.05, 0) is 38.9 Å². The minimum Gasteiger partial charge on any atom is -0.359 e. The third-order valence-corrected chi connectivity index (χ3v) is 3.07. The number of rotatable bonds is 3. The number of hydrogen-bond donors (Lipinski definition) is 2. The predicted octanol–water partition coefficient (Wildman–Crippen LogP) is -0.208. The summed E-state index contributed by atoms with van der Waals surface area (Å²) in [5.41, 5.74) is 5.99. The lowest BCUT2D eigenvalue weighted by molar-refractivity contribution is -0.121. The van der Waals surface area contributed by atoms with Gasteiger partial charge in [-0.15, -0.1) is 0 Å². The van der Waals surface area contributed by atoms with Crippen LogP contribution in [0.1, 0.15) is 19.3 Å². The maximum atomic E-state index is 11.1.